The van der Waals surface area contributed by atoms with Gasteiger partial charge in [0.15, 0.2) is 6.29 Å². The molecule has 1 unspecified atom stereocenters. The van der Waals surface area contributed by atoms with E-state index in [2.05, 4.69) is 31.2 Å². The van der Waals surface area contributed by atoms with Crippen molar-refractivity contribution < 1.29 is 9.47 Å². The Labute approximate surface area is 97.6 Å². The highest BCUT2D eigenvalue weighted by Crippen LogP contribution is 2.09. The van der Waals surface area contributed by atoms with Gasteiger partial charge in [-0.1, -0.05) is 29.8 Å². The number of rotatable bonds is 6. The predicted molar refractivity (Wildman–Crippen MR) is 65.3 cm³/mol. The molecule has 1 aromatic rings. The summed E-state index contributed by atoms with van der Waals surface area (Å²) in [5.41, 5.74) is 8.54. The maximum absolute atomic E-state index is 5.97. The van der Waals surface area contributed by atoms with E-state index in [1.807, 2.05) is 0 Å². The third-order valence-electron chi connectivity index (χ3n) is 2.70. The Morgan fingerprint density at radius 3 is 2.19 bits per heavy atom. The van der Waals surface area contributed by atoms with Crippen LogP contribution in [0.3, 0.4) is 0 Å². The molecule has 1 aromatic carbocycles. The van der Waals surface area contributed by atoms with Crippen molar-refractivity contribution in [1.29, 1.82) is 0 Å². The summed E-state index contributed by atoms with van der Waals surface area (Å²) in [4.78, 5) is 0. The molecule has 3 nitrogen and oxygen atoms in total. The van der Waals surface area contributed by atoms with Gasteiger partial charge in [0.05, 0.1) is 6.04 Å². The molecular formula is C13H21NO2. The van der Waals surface area contributed by atoms with Crippen molar-refractivity contribution in [3.8, 4) is 0 Å². The molecule has 0 fully saturated rings. The Hall–Kier alpha value is -0.900. The molecule has 90 valence electrons. The summed E-state index contributed by atoms with van der Waals surface area (Å²) >= 11 is 0. The second-order valence-corrected chi connectivity index (χ2v) is 4.03. The zero-order valence-corrected chi connectivity index (χ0v) is 10.3. The van der Waals surface area contributed by atoms with E-state index in [9.17, 15) is 0 Å². The molecule has 0 saturated heterocycles. The highest BCUT2D eigenvalue weighted by atomic mass is 16.7. The normalized spacial score (nSPS) is 13.1. The summed E-state index contributed by atoms with van der Waals surface area (Å²) in [5.74, 6) is 0. The van der Waals surface area contributed by atoms with Crippen molar-refractivity contribution in [3.05, 3.63) is 35.4 Å². The Bertz CT molecular complexity index is 293. The fourth-order valence-corrected chi connectivity index (χ4v) is 1.67. The van der Waals surface area contributed by atoms with Crippen molar-refractivity contribution in [2.24, 2.45) is 5.73 Å². The summed E-state index contributed by atoms with van der Waals surface area (Å²) in [6.45, 7) is 2.08. The lowest BCUT2D eigenvalue weighted by molar-refractivity contribution is -0.117. The third-order valence-corrected chi connectivity index (χ3v) is 2.70. The van der Waals surface area contributed by atoms with Crippen LogP contribution in [-0.2, 0) is 15.9 Å². The Kier molecular flexibility index (Phi) is 5.46. The summed E-state index contributed by atoms with van der Waals surface area (Å²) < 4.78 is 10.2. The fraction of sp³-hybridized carbons (Fsp3) is 0.538. The second-order valence-electron chi connectivity index (χ2n) is 4.03. The van der Waals surface area contributed by atoms with E-state index in [1.165, 1.54) is 11.1 Å². The molecule has 16 heavy (non-hydrogen) atoms. The minimum atomic E-state index is -0.314. The minimum Gasteiger partial charge on any atom is -0.354 e. The molecule has 1 atom stereocenters. The van der Waals surface area contributed by atoms with Gasteiger partial charge in [-0.2, -0.15) is 0 Å². The molecule has 0 radical (unpaired) electrons. The summed E-state index contributed by atoms with van der Waals surface area (Å²) in [5, 5.41) is 0. The first-order chi connectivity index (χ1) is 7.67. The highest BCUT2D eigenvalue weighted by Gasteiger charge is 2.15. The first-order valence-corrected chi connectivity index (χ1v) is 5.54. The molecule has 0 amide bonds. The van der Waals surface area contributed by atoms with Gasteiger partial charge >= 0.3 is 0 Å². The number of hydrogen-bond acceptors (Lipinski definition) is 3. The van der Waals surface area contributed by atoms with Crippen molar-refractivity contribution in [1.82, 2.24) is 0 Å². The van der Waals surface area contributed by atoms with Crippen LogP contribution in [0.1, 0.15) is 17.5 Å². The second kappa shape index (κ2) is 6.63. The number of methoxy groups -OCH3 is 2. The zero-order chi connectivity index (χ0) is 12.0. The molecule has 0 aliphatic heterocycles. The van der Waals surface area contributed by atoms with Crippen LogP contribution >= 0.6 is 0 Å². The number of hydrogen-bond donors (Lipinski definition) is 1. The van der Waals surface area contributed by atoms with Gasteiger partial charge in [0, 0.05) is 14.2 Å². The van der Waals surface area contributed by atoms with Gasteiger partial charge in [-0.3, -0.25) is 0 Å². The van der Waals surface area contributed by atoms with Crippen LogP contribution in [-0.4, -0.2) is 26.6 Å². The number of ether oxygens (including phenoxy) is 2. The summed E-state index contributed by atoms with van der Waals surface area (Å²) in [6.07, 6.45) is 1.49. The van der Waals surface area contributed by atoms with Gasteiger partial charge in [-0.15, -0.1) is 0 Å². The first-order valence-electron chi connectivity index (χ1n) is 5.54. The minimum absolute atomic E-state index is 0.0868. The molecule has 0 aliphatic carbocycles. The van der Waals surface area contributed by atoms with Crippen LogP contribution in [0.4, 0.5) is 0 Å². The van der Waals surface area contributed by atoms with Crippen molar-refractivity contribution in [2.45, 2.75) is 32.1 Å². The first kappa shape index (κ1) is 13.2. The lowest BCUT2D eigenvalue weighted by Crippen LogP contribution is -2.37. The van der Waals surface area contributed by atoms with Crippen LogP contribution in [0.5, 0.6) is 0 Å². The molecule has 0 heterocycles. The van der Waals surface area contributed by atoms with Gasteiger partial charge in [-0.25, -0.2) is 0 Å². The number of aryl methyl sites for hydroxylation is 2. The SMILES string of the molecule is COC(OC)C(N)CCc1ccc(C)cc1. The molecule has 0 spiro atoms. The van der Waals surface area contributed by atoms with E-state index in [0.29, 0.717) is 0 Å². The van der Waals surface area contributed by atoms with E-state index < -0.39 is 0 Å². The molecular weight excluding hydrogens is 202 g/mol. The van der Waals surface area contributed by atoms with Gasteiger partial charge in [0.2, 0.25) is 0 Å². The van der Waals surface area contributed by atoms with E-state index in [4.69, 9.17) is 15.2 Å². The Morgan fingerprint density at radius 1 is 1.12 bits per heavy atom. The van der Waals surface area contributed by atoms with Crippen LogP contribution in [0, 0.1) is 6.92 Å². The molecule has 2 N–H and O–H groups in total. The van der Waals surface area contributed by atoms with E-state index >= 15 is 0 Å². The van der Waals surface area contributed by atoms with Crippen molar-refractivity contribution in [3.63, 3.8) is 0 Å². The predicted octanol–water partition coefficient (Wildman–Crippen LogP) is 1.87. The fourth-order valence-electron chi connectivity index (χ4n) is 1.67. The van der Waals surface area contributed by atoms with Crippen molar-refractivity contribution >= 4 is 0 Å². The van der Waals surface area contributed by atoms with Crippen molar-refractivity contribution in [2.75, 3.05) is 14.2 Å². The van der Waals surface area contributed by atoms with Gasteiger partial charge < -0.3 is 15.2 Å². The maximum atomic E-state index is 5.97. The molecule has 1 rings (SSSR count). The summed E-state index contributed by atoms with van der Waals surface area (Å²) in [6, 6.07) is 8.42. The largest absolute Gasteiger partial charge is 0.354 e. The molecule has 0 saturated carbocycles. The van der Waals surface area contributed by atoms with Crippen LogP contribution in [0.15, 0.2) is 24.3 Å². The maximum Gasteiger partial charge on any atom is 0.171 e. The topological polar surface area (TPSA) is 44.5 Å². The standard InChI is InChI=1S/C13H21NO2/c1-10-4-6-11(7-5-10)8-9-12(14)13(15-2)16-3/h4-7,12-13H,8-9,14H2,1-3H3. The number of nitrogens with two attached hydrogens (primary N) is 1. The van der Waals surface area contributed by atoms with Gasteiger partial charge in [0.1, 0.15) is 0 Å². The summed E-state index contributed by atoms with van der Waals surface area (Å²) in [7, 11) is 3.22. The smallest absolute Gasteiger partial charge is 0.171 e. The monoisotopic (exact) mass is 223 g/mol. The van der Waals surface area contributed by atoms with E-state index in [-0.39, 0.29) is 12.3 Å². The van der Waals surface area contributed by atoms with Crippen LogP contribution in [0.25, 0.3) is 0 Å². The third kappa shape index (κ3) is 3.93. The van der Waals surface area contributed by atoms with Crippen LogP contribution in [0.2, 0.25) is 0 Å². The van der Waals surface area contributed by atoms with E-state index in [1.54, 1.807) is 14.2 Å². The number of benzene rings is 1. The average Bonchev–Trinajstić information content (AvgIpc) is 2.30. The van der Waals surface area contributed by atoms with Gasteiger partial charge in [0.25, 0.3) is 0 Å². The molecule has 3 heteroatoms. The Balaban J connectivity index is 2.42. The quantitative estimate of drug-likeness (QED) is 0.749. The zero-order valence-electron chi connectivity index (χ0n) is 10.3. The highest BCUT2D eigenvalue weighted by molar-refractivity contribution is 5.21. The van der Waals surface area contributed by atoms with Crippen LogP contribution < -0.4 is 5.73 Å². The lowest BCUT2D eigenvalue weighted by atomic mass is 10.0. The lowest BCUT2D eigenvalue weighted by Gasteiger charge is -2.20. The average molecular weight is 223 g/mol. The van der Waals surface area contributed by atoms with Gasteiger partial charge in [-0.05, 0) is 25.3 Å². The van der Waals surface area contributed by atoms with E-state index in [0.717, 1.165) is 12.8 Å². The molecule has 0 aromatic heterocycles. The molecule has 0 aliphatic rings. The molecule has 0 bridgehead atoms. The Morgan fingerprint density at radius 2 is 1.69 bits per heavy atom.